The number of aryl methyl sites for hydroxylation is 3. The molecule has 24 heavy (non-hydrogen) atoms. The summed E-state index contributed by atoms with van der Waals surface area (Å²) in [6.45, 7) is 7.55. The number of likely N-dealkylation sites (N-methyl/N-ethyl adjacent to an activating group) is 1. The second-order valence-electron chi connectivity index (χ2n) is 6.75. The lowest BCUT2D eigenvalue weighted by atomic mass is 10.1. The van der Waals surface area contributed by atoms with Gasteiger partial charge < -0.3 is 9.80 Å². The van der Waals surface area contributed by atoms with Crippen LogP contribution in [0.4, 0.5) is 0 Å². The Kier molecular flexibility index (Phi) is 5.67. The number of hydrogen-bond donors (Lipinski definition) is 0. The van der Waals surface area contributed by atoms with Gasteiger partial charge in [-0.25, -0.2) is 8.42 Å². The van der Waals surface area contributed by atoms with Crippen LogP contribution in [0.2, 0.25) is 0 Å². The average molecular weight is 353 g/mol. The van der Waals surface area contributed by atoms with Crippen LogP contribution in [-0.4, -0.2) is 75.2 Å². The Hall–Kier alpha value is -1.44. The van der Waals surface area contributed by atoms with Crippen molar-refractivity contribution in [1.82, 2.24) is 14.1 Å². The summed E-state index contributed by atoms with van der Waals surface area (Å²) in [6.07, 6.45) is 0. The van der Waals surface area contributed by atoms with Crippen LogP contribution < -0.4 is 0 Å². The zero-order valence-corrected chi connectivity index (χ0v) is 16.0. The molecule has 1 saturated heterocycles. The molecule has 0 bridgehead atoms. The van der Waals surface area contributed by atoms with Crippen molar-refractivity contribution in [1.29, 1.82) is 0 Å². The topological polar surface area (TPSA) is 60.9 Å². The Morgan fingerprint density at radius 3 is 2.00 bits per heavy atom. The molecule has 0 saturated carbocycles. The van der Waals surface area contributed by atoms with Gasteiger partial charge in [-0.15, -0.1) is 0 Å². The van der Waals surface area contributed by atoms with Crippen molar-refractivity contribution in [2.75, 3.05) is 46.8 Å². The van der Waals surface area contributed by atoms with Crippen LogP contribution in [0.5, 0.6) is 0 Å². The molecule has 1 amide bonds. The molecule has 1 fully saturated rings. The summed E-state index contributed by atoms with van der Waals surface area (Å²) in [4.78, 5) is 16.1. The van der Waals surface area contributed by atoms with Crippen LogP contribution in [0.3, 0.4) is 0 Å². The highest BCUT2D eigenvalue weighted by atomic mass is 32.2. The highest BCUT2D eigenvalue weighted by Gasteiger charge is 2.32. The summed E-state index contributed by atoms with van der Waals surface area (Å²) in [5.41, 5.74) is 2.61. The van der Waals surface area contributed by atoms with E-state index in [1.165, 1.54) is 4.31 Å². The minimum atomic E-state index is -3.53. The van der Waals surface area contributed by atoms with Crippen LogP contribution in [-0.2, 0) is 14.8 Å². The number of carbonyl (C=O) groups is 1. The van der Waals surface area contributed by atoms with Gasteiger partial charge in [-0.1, -0.05) is 17.7 Å². The lowest BCUT2D eigenvalue weighted by Gasteiger charge is -2.35. The van der Waals surface area contributed by atoms with Gasteiger partial charge in [0, 0.05) is 26.2 Å². The molecule has 0 radical (unpaired) electrons. The maximum atomic E-state index is 13.0. The molecule has 7 heteroatoms. The molecule has 1 aromatic rings. The lowest BCUT2D eigenvalue weighted by Crippen LogP contribution is -2.52. The first-order valence-electron chi connectivity index (χ1n) is 8.13. The third-order valence-electron chi connectivity index (χ3n) is 4.25. The normalized spacial score (nSPS) is 16.7. The van der Waals surface area contributed by atoms with Gasteiger partial charge in [0.25, 0.3) is 0 Å². The number of hydrogen-bond acceptors (Lipinski definition) is 4. The fourth-order valence-electron chi connectivity index (χ4n) is 3.25. The molecular formula is C17H27N3O3S. The number of amides is 1. The van der Waals surface area contributed by atoms with E-state index < -0.39 is 10.0 Å². The van der Waals surface area contributed by atoms with Gasteiger partial charge in [-0.2, -0.15) is 4.31 Å². The fourth-order valence-corrected chi connectivity index (χ4v) is 5.08. The van der Waals surface area contributed by atoms with E-state index in [2.05, 4.69) is 0 Å². The number of sulfonamides is 1. The van der Waals surface area contributed by atoms with Crippen molar-refractivity contribution in [3.8, 4) is 0 Å². The number of benzene rings is 1. The molecule has 134 valence electrons. The molecular weight excluding hydrogens is 326 g/mol. The van der Waals surface area contributed by atoms with E-state index in [-0.39, 0.29) is 5.91 Å². The van der Waals surface area contributed by atoms with E-state index in [1.54, 1.807) is 4.90 Å². The smallest absolute Gasteiger partial charge is 0.243 e. The van der Waals surface area contributed by atoms with E-state index in [0.717, 1.165) is 16.7 Å². The van der Waals surface area contributed by atoms with Crippen molar-refractivity contribution < 1.29 is 13.2 Å². The summed E-state index contributed by atoms with van der Waals surface area (Å²) in [5.74, 6) is 0.0414. The molecule has 0 atom stereocenters. The quantitative estimate of drug-likeness (QED) is 0.810. The second-order valence-corrected chi connectivity index (χ2v) is 8.63. The molecule has 1 aromatic carbocycles. The molecule has 0 spiro atoms. The number of piperazine rings is 1. The van der Waals surface area contributed by atoms with Gasteiger partial charge in [0.05, 0.1) is 11.4 Å². The van der Waals surface area contributed by atoms with Gasteiger partial charge >= 0.3 is 0 Å². The highest BCUT2D eigenvalue weighted by Crippen LogP contribution is 2.26. The van der Waals surface area contributed by atoms with Crippen molar-refractivity contribution in [2.24, 2.45) is 0 Å². The number of carbonyl (C=O) groups excluding carboxylic acids is 1. The number of rotatable bonds is 4. The van der Waals surface area contributed by atoms with Crippen molar-refractivity contribution in [2.45, 2.75) is 25.7 Å². The van der Waals surface area contributed by atoms with Crippen LogP contribution in [0.15, 0.2) is 17.0 Å². The van der Waals surface area contributed by atoms with Gasteiger partial charge in [-0.3, -0.25) is 4.79 Å². The first kappa shape index (κ1) is 18.9. The highest BCUT2D eigenvalue weighted by molar-refractivity contribution is 7.89. The fraction of sp³-hybridized carbons (Fsp3) is 0.588. The SMILES string of the molecule is Cc1cc(C)c(S(=O)(=O)N2CCN(C(=O)CN(C)C)CC2)c(C)c1. The van der Waals surface area contributed by atoms with Crippen molar-refractivity contribution >= 4 is 15.9 Å². The molecule has 1 aliphatic heterocycles. The van der Waals surface area contributed by atoms with Gasteiger partial charge in [0.2, 0.25) is 15.9 Å². The Morgan fingerprint density at radius 2 is 1.54 bits per heavy atom. The van der Waals surface area contributed by atoms with Crippen LogP contribution in [0.25, 0.3) is 0 Å². The third kappa shape index (κ3) is 3.96. The average Bonchev–Trinajstić information content (AvgIpc) is 2.45. The second kappa shape index (κ2) is 7.21. The maximum absolute atomic E-state index is 13.0. The number of nitrogens with zero attached hydrogens (tertiary/aromatic N) is 3. The Labute approximate surface area is 145 Å². The van der Waals surface area contributed by atoms with Crippen LogP contribution >= 0.6 is 0 Å². The summed E-state index contributed by atoms with van der Waals surface area (Å²) >= 11 is 0. The summed E-state index contributed by atoms with van der Waals surface area (Å²) in [5, 5.41) is 0. The molecule has 1 aliphatic rings. The van der Waals surface area contributed by atoms with Crippen molar-refractivity contribution in [3.63, 3.8) is 0 Å². The Balaban J connectivity index is 2.15. The Bertz CT molecular complexity index is 698. The summed E-state index contributed by atoms with van der Waals surface area (Å²) in [7, 11) is 0.170. The zero-order chi connectivity index (χ0) is 18.1. The molecule has 6 nitrogen and oxygen atoms in total. The standard InChI is InChI=1S/C17H27N3O3S/c1-13-10-14(2)17(15(3)11-13)24(22,23)20-8-6-19(7-9-20)16(21)12-18(4)5/h10-11H,6-9,12H2,1-5H3. The molecule has 2 rings (SSSR count). The van der Waals surface area contributed by atoms with E-state index in [4.69, 9.17) is 0 Å². The molecule has 0 aliphatic carbocycles. The monoisotopic (exact) mass is 353 g/mol. The summed E-state index contributed by atoms with van der Waals surface area (Å²) < 4.78 is 27.5. The van der Waals surface area contributed by atoms with E-state index in [9.17, 15) is 13.2 Å². The minimum absolute atomic E-state index is 0.0414. The predicted octanol–water partition coefficient (Wildman–Crippen LogP) is 1.01. The van der Waals surface area contributed by atoms with Crippen LogP contribution in [0, 0.1) is 20.8 Å². The molecule has 0 N–H and O–H groups in total. The van der Waals surface area contributed by atoms with Crippen molar-refractivity contribution in [3.05, 3.63) is 28.8 Å². The lowest BCUT2D eigenvalue weighted by molar-refractivity contribution is -0.133. The van der Waals surface area contributed by atoms with Gasteiger partial charge in [-0.05, 0) is 46.0 Å². The predicted molar refractivity (Wildman–Crippen MR) is 94.5 cm³/mol. The molecule has 1 heterocycles. The van der Waals surface area contributed by atoms with E-state index in [0.29, 0.717) is 37.6 Å². The first-order chi connectivity index (χ1) is 11.1. The van der Waals surface area contributed by atoms with E-state index in [1.807, 2.05) is 51.9 Å². The largest absolute Gasteiger partial charge is 0.339 e. The minimum Gasteiger partial charge on any atom is -0.339 e. The van der Waals surface area contributed by atoms with Crippen LogP contribution in [0.1, 0.15) is 16.7 Å². The van der Waals surface area contributed by atoms with Gasteiger partial charge in [0.1, 0.15) is 0 Å². The van der Waals surface area contributed by atoms with E-state index >= 15 is 0 Å². The molecule has 0 unspecified atom stereocenters. The Morgan fingerprint density at radius 1 is 1.04 bits per heavy atom. The first-order valence-corrected chi connectivity index (χ1v) is 9.57. The molecule has 0 aromatic heterocycles. The van der Waals surface area contributed by atoms with Gasteiger partial charge in [0.15, 0.2) is 0 Å². The summed E-state index contributed by atoms with van der Waals surface area (Å²) in [6, 6.07) is 3.80. The zero-order valence-electron chi connectivity index (χ0n) is 15.2. The third-order valence-corrected chi connectivity index (χ3v) is 6.45. The maximum Gasteiger partial charge on any atom is 0.243 e.